The van der Waals surface area contributed by atoms with Crippen LogP contribution >= 0.6 is 0 Å². The van der Waals surface area contributed by atoms with Gasteiger partial charge in [-0.25, -0.2) is 13.2 Å². The quantitative estimate of drug-likeness (QED) is 0.603. The van der Waals surface area contributed by atoms with Crippen LogP contribution in [-0.2, 0) is 11.3 Å². The number of benzene rings is 2. The van der Waals surface area contributed by atoms with Crippen molar-refractivity contribution in [1.29, 1.82) is 0 Å². The predicted octanol–water partition coefficient (Wildman–Crippen LogP) is 4.80. The first-order valence-corrected chi connectivity index (χ1v) is 10.7. The fraction of sp³-hybridized carbons (Fsp3) is 0.417. The fourth-order valence-corrected chi connectivity index (χ4v) is 6.21. The molecule has 0 N–H and O–H groups in total. The second-order valence-corrected chi connectivity index (χ2v) is 9.70. The van der Waals surface area contributed by atoms with E-state index in [0.29, 0.717) is 12.1 Å². The first-order chi connectivity index (χ1) is 14.8. The number of carbonyl (C=O) groups is 1. The summed E-state index contributed by atoms with van der Waals surface area (Å²) in [7, 11) is 0. The highest BCUT2D eigenvalue weighted by atomic mass is 19.1. The topological polar surface area (TPSA) is 38.1 Å². The molecule has 3 aliphatic carbocycles. The maximum Gasteiger partial charge on any atom is 0.229 e. The molecule has 2 atom stereocenters. The maximum atomic E-state index is 14.3. The van der Waals surface area contributed by atoms with E-state index >= 15 is 0 Å². The van der Waals surface area contributed by atoms with Crippen molar-refractivity contribution in [2.45, 2.75) is 44.4 Å². The summed E-state index contributed by atoms with van der Waals surface area (Å²) in [6, 6.07) is 10.3. The Hall–Kier alpha value is -2.83. The van der Waals surface area contributed by atoms with Crippen LogP contribution in [-0.4, -0.2) is 33.3 Å². The molecule has 2 heterocycles. The molecule has 2 bridgehead atoms. The summed E-state index contributed by atoms with van der Waals surface area (Å²) in [4.78, 5) is 15.0. The van der Waals surface area contributed by atoms with Crippen LogP contribution in [0.4, 0.5) is 13.2 Å². The molecular weight excluding hydrogens is 403 g/mol. The number of nitrogens with zero attached hydrogens (tertiary/aromatic N) is 3. The van der Waals surface area contributed by atoms with Gasteiger partial charge in [-0.15, -0.1) is 0 Å². The normalized spacial score (nSPS) is 31.5. The van der Waals surface area contributed by atoms with Gasteiger partial charge < -0.3 is 4.90 Å². The monoisotopic (exact) mass is 425 g/mol. The predicted molar refractivity (Wildman–Crippen MR) is 109 cm³/mol. The molecule has 1 amide bonds. The average molecular weight is 425 g/mol. The molecular formula is C24H22F3N3O. The zero-order chi connectivity index (χ0) is 21.4. The molecule has 1 saturated heterocycles. The van der Waals surface area contributed by atoms with Crippen molar-refractivity contribution in [2.75, 3.05) is 6.54 Å². The summed E-state index contributed by atoms with van der Waals surface area (Å²) in [5.41, 5.74) is 1.02. The van der Waals surface area contributed by atoms with E-state index in [1.54, 1.807) is 23.1 Å². The zero-order valence-corrected chi connectivity index (χ0v) is 16.9. The highest BCUT2D eigenvalue weighted by Crippen LogP contribution is 2.74. The number of likely N-dealkylation sites (tertiary alicyclic amines) is 1. The molecule has 31 heavy (non-hydrogen) atoms. The highest BCUT2D eigenvalue weighted by Gasteiger charge is 2.72. The van der Waals surface area contributed by atoms with Crippen molar-refractivity contribution in [1.82, 2.24) is 14.7 Å². The molecule has 7 heteroatoms. The van der Waals surface area contributed by atoms with Gasteiger partial charge in [0.2, 0.25) is 5.91 Å². The van der Waals surface area contributed by atoms with E-state index in [0.717, 1.165) is 30.2 Å². The zero-order valence-electron chi connectivity index (χ0n) is 16.9. The van der Waals surface area contributed by atoms with Crippen LogP contribution in [0, 0.1) is 22.5 Å². The van der Waals surface area contributed by atoms with Gasteiger partial charge in [-0.2, -0.15) is 5.10 Å². The van der Waals surface area contributed by atoms with E-state index in [1.807, 2.05) is 10.9 Å². The lowest BCUT2D eigenvalue weighted by molar-refractivity contribution is -0.223. The molecule has 0 radical (unpaired) electrons. The number of hydrogen-bond donors (Lipinski definition) is 0. The lowest BCUT2D eigenvalue weighted by Crippen LogP contribution is -2.69. The second-order valence-electron chi connectivity index (χ2n) is 9.70. The summed E-state index contributed by atoms with van der Waals surface area (Å²) in [6.45, 7) is 0.766. The van der Waals surface area contributed by atoms with Gasteiger partial charge >= 0.3 is 0 Å². The third kappa shape index (κ3) is 2.89. The van der Waals surface area contributed by atoms with Gasteiger partial charge in [-0.1, -0.05) is 12.1 Å². The van der Waals surface area contributed by atoms with Crippen molar-refractivity contribution in [3.63, 3.8) is 0 Å². The number of hydrogen-bond acceptors (Lipinski definition) is 2. The number of halogens is 3. The largest absolute Gasteiger partial charge is 0.332 e. The number of alkyl halides is 1. The van der Waals surface area contributed by atoms with Crippen molar-refractivity contribution >= 4 is 16.8 Å². The third-order valence-corrected chi connectivity index (χ3v) is 7.35. The van der Waals surface area contributed by atoms with E-state index in [9.17, 15) is 18.0 Å². The molecule has 7 rings (SSSR count). The van der Waals surface area contributed by atoms with Crippen LogP contribution in [0.5, 0.6) is 0 Å². The van der Waals surface area contributed by atoms with E-state index in [4.69, 9.17) is 0 Å². The van der Waals surface area contributed by atoms with Crippen molar-refractivity contribution in [2.24, 2.45) is 10.8 Å². The van der Waals surface area contributed by atoms with Crippen LogP contribution in [0.3, 0.4) is 0 Å². The first-order valence-electron chi connectivity index (χ1n) is 10.7. The van der Waals surface area contributed by atoms with Gasteiger partial charge in [0.15, 0.2) is 0 Å². The Kier molecular flexibility index (Phi) is 3.87. The standard InChI is InChI=1S/C24H22F3N3O/c25-17-3-1-2-15(6-17)21-8-19(27)10-30(21)22(31)24-11-23(12-24,13-24)14-29-9-16-7-18(26)4-5-20(16)28-29/h1-7,9,19,21H,8,10-14H2. The van der Waals surface area contributed by atoms with Crippen LogP contribution in [0.2, 0.25) is 0 Å². The minimum Gasteiger partial charge on any atom is -0.332 e. The van der Waals surface area contributed by atoms with Gasteiger partial charge in [0.25, 0.3) is 0 Å². The Morgan fingerprint density at radius 3 is 2.65 bits per heavy atom. The molecule has 4 fully saturated rings. The Bertz CT molecular complexity index is 1190. The number of carbonyl (C=O) groups excluding carboxylic acids is 1. The smallest absolute Gasteiger partial charge is 0.229 e. The fourth-order valence-electron chi connectivity index (χ4n) is 6.21. The van der Waals surface area contributed by atoms with Gasteiger partial charge in [-0.05, 0) is 60.6 Å². The Morgan fingerprint density at radius 2 is 1.87 bits per heavy atom. The van der Waals surface area contributed by atoms with Gasteiger partial charge in [0, 0.05) is 24.5 Å². The molecule has 3 aromatic rings. The van der Waals surface area contributed by atoms with Crippen LogP contribution in [0.1, 0.15) is 37.3 Å². The summed E-state index contributed by atoms with van der Waals surface area (Å²) in [6.07, 6.45) is 3.25. The Morgan fingerprint density at radius 1 is 1.10 bits per heavy atom. The lowest BCUT2D eigenvalue weighted by atomic mass is 9.34. The molecule has 1 aromatic heterocycles. The minimum atomic E-state index is -1.09. The lowest BCUT2D eigenvalue weighted by Gasteiger charge is -2.70. The second kappa shape index (κ2) is 6.34. The van der Waals surface area contributed by atoms with Crippen molar-refractivity contribution in [3.05, 3.63) is 65.9 Å². The van der Waals surface area contributed by atoms with Crippen LogP contribution in [0.15, 0.2) is 48.7 Å². The number of aromatic nitrogens is 2. The summed E-state index contributed by atoms with van der Waals surface area (Å²) in [5.74, 6) is -0.661. The van der Waals surface area contributed by atoms with E-state index in [2.05, 4.69) is 5.10 Å². The number of fused-ring (bicyclic) bond motifs is 1. The number of rotatable bonds is 4. The van der Waals surface area contributed by atoms with Gasteiger partial charge in [0.1, 0.15) is 17.8 Å². The molecule has 4 nitrogen and oxygen atoms in total. The van der Waals surface area contributed by atoms with Crippen LogP contribution < -0.4 is 0 Å². The van der Waals surface area contributed by atoms with Gasteiger partial charge in [0.05, 0.1) is 23.5 Å². The first kappa shape index (κ1) is 18.9. The summed E-state index contributed by atoms with van der Waals surface area (Å²) < 4.78 is 43.2. The third-order valence-electron chi connectivity index (χ3n) is 7.35. The minimum absolute atomic E-state index is 0.00326. The summed E-state index contributed by atoms with van der Waals surface area (Å²) in [5, 5.41) is 5.30. The Labute approximate surface area is 177 Å². The molecule has 0 spiro atoms. The molecule has 160 valence electrons. The molecule has 4 aliphatic rings. The van der Waals surface area contributed by atoms with E-state index in [1.165, 1.54) is 24.3 Å². The summed E-state index contributed by atoms with van der Waals surface area (Å²) >= 11 is 0. The van der Waals surface area contributed by atoms with E-state index in [-0.39, 0.29) is 35.9 Å². The molecule has 2 aromatic carbocycles. The van der Waals surface area contributed by atoms with E-state index < -0.39 is 17.6 Å². The van der Waals surface area contributed by atoms with Crippen molar-refractivity contribution < 1.29 is 18.0 Å². The van der Waals surface area contributed by atoms with Crippen molar-refractivity contribution in [3.8, 4) is 0 Å². The van der Waals surface area contributed by atoms with Gasteiger partial charge in [-0.3, -0.25) is 9.48 Å². The molecule has 1 aliphatic heterocycles. The highest BCUT2D eigenvalue weighted by molar-refractivity contribution is 5.87. The number of amides is 1. The Balaban J connectivity index is 1.17. The average Bonchev–Trinajstić information content (AvgIpc) is 3.25. The molecule has 3 saturated carbocycles. The maximum absolute atomic E-state index is 14.3. The SMILES string of the molecule is O=C(N1CC(F)CC1c1cccc(F)c1)C12CC(Cn3cc4cc(F)ccc4n3)(C1)C2. The van der Waals surface area contributed by atoms with Crippen LogP contribution in [0.25, 0.3) is 10.9 Å². The molecule has 2 unspecified atom stereocenters.